The molecule has 0 aromatic heterocycles. The lowest BCUT2D eigenvalue weighted by Gasteiger charge is -2.36. The molecule has 2 amide bonds. The molecule has 1 aromatic carbocycles. The van der Waals surface area contributed by atoms with E-state index in [0.717, 1.165) is 11.1 Å². The van der Waals surface area contributed by atoms with E-state index in [1.807, 2.05) is 24.3 Å². The first-order chi connectivity index (χ1) is 12.6. The van der Waals surface area contributed by atoms with Gasteiger partial charge >= 0.3 is 12.1 Å². The standard InChI is InChI=1S/C20H28N2O5/c1-13(11-21-19(25)27-20(2,3)4)17(23)22-12-15-9-7-6-8-14(15)10-16(22)18(24)26-5/h6-9,13,16H,10-12H2,1-5H3,(H,21,25)/t13?,16-/m0/s1. The van der Waals surface area contributed by atoms with Crippen molar-refractivity contribution in [3.05, 3.63) is 35.4 Å². The lowest BCUT2D eigenvalue weighted by atomic mass is 9.92. The van der Waals surface area contributed by atoms with Gasteiger partial charge in [-0.3, -0.25) is 4.79 Å². The maximum absolute atomic E-state index is 13.0. The lowest BCUT2D eigenvalue weighted by molar-refractivity contribution is -0.155. The molecule has 0 bridgehead atoms. The molecule has 0 saturated heterocycles. The molecule has 0 aliphatic carbocycles. The third-order valence-corrected chi connectivity index (χ3v) is 4.38. The van der Waals surface area contributed by atoms with Crippen LogP contribution in [0.25, 0.3) is 0 Å². The minimum atomic E-state index is -0.665. The van der Waals surface area contributed by atoms with Crippen molar-refractivity contribution in [1.29, 1.82) is 0 Å². The molecule has 1 aliphatic heterocycles. The average Bonchev–Trinajstić information content (AvgIpc) is 2.62. The number of methoxy groups -OCH3 is 1. The monoisotopic (exact) mass is 376 g/mol. The summed E-state index contributed by atoms with van der Waals surface area (Å²) in [4.78, 5) is 38.5. The van der Waals surface area contributed by atoms with E-state index in [9.17, 15) is 14.4 Å². The van der Waals surface area contributed by atoms with E-state index in [0.29, 0.717) is 13.0 Å². The second kappa shape index (κ2) is 8.41. The van der Waals surface area contributed by atoms with Crippen LogP contribution in [0, 0.1) is 5.92 Å². The van der Waals surface area contributed by atoms with E-state index in [1.54, 1.807) is 27.7 Å². The highest BCUT2D eigenvalue weighted by molar-refractivity contribution is 5.87. The van der Waals surface area contributed by atoms with Gasteiger partial charge in [-0.2, -0.15) is 0 Å². The number of hydrogen-bond acceptors (Lipinski definition) is 5. The van der Waals surface area contributed by atoms with Crippen LogP contribution in [0.2, 0.25) is 0 Å². The Labute approximate surface area is 160 Å². The highest BCUT2D eigenvalue weighted by Gasteiger charge is 2.37. The Hall–Kier alpha value is -2.57. The first kappa shape index (κ1) is 20.7. The van der Waals surface area contributed by atoms with Crippen molar-refractivity contribution in [2.75, 3.05) is 13.7 Å². The number of amides is 2. The highest BCUT2D eigenvalue weighted by atomic mass is 16.6. The third kappa shape index (κ3) is 5.45. The zero-order chi connectivity index (χ0) is 20.2. The fraction of sp³-hybridized carbons (Fsp3) is 0.550. The summed E-state index contributed by atoms with van der Waals surface area (Å²) in [5.41, 5.74) is 1.44. The Morgan fingerprint density at radius 3 is 2.44 bits per heavy atom. The van der Waals surface area contributed by atoms with Crippen molar-refractivity contribution in [2.45, 2.75) is 52.3 Å². The summed E-state index contributed by atoms with van der Waals surface area (Å²) in [6, 6.07) is 7.07. The molecule has 7 nitrogen and oxygen atoms in total. The molecule has 148 valence electrons. The number of benzene rings is 1. The number of nitrogens with one attached hydrogen (secondary N) is 1. The quantitative estimate of drug-likeness (QED) is 0.815. The van der Waals surface area contributed by atoms with Gasteiger partial charge in [0, 0.05) is 19.5 Å². The lowest BCUT2D eigenvalue weighted by Crippen LogP contribution is -2.52. The van der Waals surface area contributed by atoms with Crippen molar-refractivity contribution in [3.8, 4) is 0 Å². The van der Waals surface area contributed by atoms with Crippen LogP contribution in [-0.2, 0) is 32.0 Å². The fourth-order valence-corrected chi connectivity index (χ4v) is 3.02. The van der Waals surface area contributed by atoms with Crippen LogP contribution in [0.1, 0.15) is 38.8 Å². The predicted octanol–water partition coefficient (Wildman–Crippen LogP) is 2.27. The van der Waals surface area contributed by atoms with Crippen LogP contribution in [0.4, 0.5) is 4.79 Å². The van der Waals surface area contributed by atoms with Gasteiger partial charge in [0.15, 0.2) is 0 Å². The molecular formula is C20H28N2O5. The normalized spacial score (nSPS) is 17.5. The number of alkyl carbamates (subject to hydrolysis) is 1. The number of nitrogens with zero attached hydrogens (tertiary/aromatic N) is 1. The Morgan fingerprint density at radius 1 is 1.22 bits per heavy atom. The first-order valence-corrected chi connectivity index (χ1v) is 9.04. The van der Waals surface area contributed by atoms with Crippen LogP contribution in [0.5, 0.6) is 0 Å². The van der Waals surface area contributed by atoms with E-state index in [4.69, 9.17) is 9.47 Å². The predicted molar refractivity (Wildman–Crippen MR) is 99.9 cm³/mol. The molecule has 0 saturated carbocycles. The number of rotatable bonds is 4. The largest absolute Gasteiger partial charge is 0.467 e. The smallest absolute Gasteiger partial charge is 0.407 e. The molecule has 1 aliphatic rings. The summed E-state index contributed by atoms with van der Waals surface area (Å²) >= 11 is 0. The average molecular weight is 376 g/mol. The number of fused-ring (bicyclic) bond motifs is 1. The summed E-state index contributed by atoms with van der Waals surface area (Å²) < 4.78 is 10.1. The van der Waals surface area contributed by atoms with Gasteiger partial charge in [-0.15, -0.1) is 0 Å². The fourth-order valence-electron chi connectivity index (χ4n) is 3.02. The number of esters is 1. The summed E-state index contributed by atoms with van der Waals surface area (Å²) in [6.45, 7) is 7.49. The van der Waals surface area contributed by atoms with Crippen LogP contribution < -0.4 is 5.32 Å². The van der Waals surface area contributed by atoms with E-state index in [-0.39, 0.29) is 12.5 Å². The second-order valence-electron chi connectivity index (χ2n) is 7.76. The minimum absolute atomic E-state index is 0.125. The molecule has 0 fully saturated rings. The van der Waals surface area contributed by atoms with E-state index in [1.165, 1.54) is 12.0 Å². The van der Waals surface area contributed by atoms with E-state index in [2.05, 4.69) is 5.32 Å². The van der Waals surface area contributed by atoms with Gasteiger partial charge in [0.05, 0.1) is 13.0 Å². The third-order valence-electron chi connectivity index (χ3n) is 4.38. The number of carbonyl (C=O) groups excluding carboxylic acids is 3. The number of hydrogen-bond donors (Lipinski definition) is 1. The molecular weight excluding hydrogens is 348 g/mol. The second-order valence-corrected chi connectivity index (χ2v) is 7.76. The van der Waals surface area contributed by atoms with Gasteiger partial charge in [-0.05, 0) is 31.9 Å². The topological polar surface area (TPSA) is 84.9 Å². The van der Waals surface area contributed by atoms with Gasteiger partial charge in [0.1, 0.15) is 11.6 Å². The van der Waals surface area contributed by atoms with Crippen LogP contribution in [0.3, 0.4) is 0 Å². The van der Waals surface area contributed by atoms with Gasteiger partial charge in [-0.25, -0.2) is 9.59 Å². The number of ether oxygens (including phenoxy) is 2. The zero-order valence-corrected chi connectivity index (χ0v) is 16.6. The molecule has 27 heavy (non-hydrogen) atoms. The van der Waals surface area contributed by atoms with Crippen molar-refractivity contribution >= 4 is 18.0 Å². The Kier molecular flexibility index (Phi) is 6.46. The van der Waals surface area contributed by atoms with Crippen molar-refractivity contribution in [2.24, 2.45) is 5.92 Å². The maximum atomic E-state index is 13.0. The zero-order valence-electron chi connectivity index (χ0n) is 16.6. The minimum Gasteiger partial charge on any atom is -0.467 e. The molecule has 0 radical (unpaired) electrons. The highest BCUT2D eigenvalue weighted by Crippen LogP contribution is 2.25. The molecule has 1 unspecified atom stereocenters. The molecule has 2 rings (SSSR count). The van der Waals surface area contributed by atoms with E-state index < -0.39 is 29.6 Å². The number of carbonyl (C=O) groups is 3. The van der Waals surface area contributed by atoms with Gasteiger partial charge < -0.3 is 19.7 Å². The van der Waals surface area contributed by atoms with Gasteiger partial charge in [0.2, 0.25) is 5.91 Å². The maximum Gasteiger partial charge on any atom is 0.407 e. The van der Waals surface area contributed by atoms with Crippen molar-refractivity contribution < 1.29 is 23.9 Å². The van der Waals surface area contributed by atoms with Gasteiger partial charge in [-0.1, -0.05) is 31.2 Å². The van der Waals surface area contributed by atoms with E-state index >= 15 is 0 Å². The summed E-state index contributed by atoms with van der Waals surface area (Å²) in [5.74, 6) is -1.16. The van der Waals surface area contributed by atoms with Crippen LogP contribution in [0.15, 0.2) is 24.3 Å². The summed E-state index contributed by atoms with van der Waals surface area (Å²) in [6.07, 6.45) is -0.156. The van der Waals surface area contributed by atoms with Crippen molar-refractivity contribution in [1.82, 2.24) is 10.2 Å². The summed E-state index contributed by atoms with van der Waals surface area (Å²) in [7, 11) is 1.32. The van der Waals surface area contributed by atoms with Gasteiger partial charge in [0.25, 0.3) is 0 Å². The SMILES string of the molecule is COC(=O)[C@@H]1Cc2ccccc2CN1C(=O)C(C)CNC(=O)OC(C)(C)C. The van der Waals surface area contributed by atoms with Crippen LogP contribution in [-0.4, -0.2) is 48.2 Å². The van der Waals surface area contributed by atoms with Crippen LogP contribution >= 0.6 is 0 Å². The summed E-state index contributed by atoms with van der Waals surface area (Å²) in [5, 5.41) is 2.61. The Balaban J connectivity index is 2.07. The molecule has 1 N–H and O–H groups in total. The van der Waals surface area contributed by atoms with Crippen molar-refractivity contribution in [3.63, 3.8) is 0 Å². The molecule has 1 heterocycles. The molecule has 2 atom stereocenters. The molecule has 0 spiro atoms. The molecule has 1 aromatic rings. The Bertz CT molecular complexity index is 711. The Morgan fingerprint density at radius 2 is 1.85 bits per heavy atom. The molecule has 7 heteroatoms. The first-order valence-electron chi connectivity index (χ1n) is 9.04.